The first-order valence-electron chi connectivity index (χ1n) is 7.83. The maximum atomic E-state index is 12.2. The van der Waals surface area contributed by atoms with Gasteiger partial charge in [-0.25, -0.2) is 4.79 Å². The Balaban J connectivity index is 1.91. The Morgan fingerprint density at radius 1 is 1.36 bits per heavy atom. The van der Waals surface area contributed by atoms with Gasteiger partial charge in [0.2, 0.25) is 0 Å². The van der Waals surface area contributed by atoms with Crippen LogP contribution in [0.1, 0.15) is 33.6 Å². The third-order valence-electron chi connectivity index (χ3n) is 3.59. The van der Waals surface area contributed by atoms with E-state index in [4.69, 9.17) is 4.74 Å². The van der Waals surface area contributed by atoms with Gasteiger partial charge in [-0.15, -0.1) is 0 Å². The zero-order chi connectivity index (χ0) is 16.2. The number of hydrogen-bond acceptors (Lipinski definition) is 3. The number of aliphatic hydroxyl groups is 1. The minimum Gasteiger partial charge on any atom is -0.488 e. The molecule has 1 atom stereocenters. The third-order valence-corrected chi connectivity index (χ3v) is 3.59. The number of anilines is 1. The van der Waals surface area contributed by atoms with Crippen molar-refractivity contribution in [1.29, 1.82) is 0 Å². The average Bonchev–Trinajstić information content (AvgIpc) is 2.48. The quantitative estimate of drug-likeness (QED) is 0.902. The summed E-state index contributed by atoms with van der Waals surface area (Å²) in [7, 11) is 0. The number of ether oxygens (including phenoxy) is 1. The van der Waals surface area contributed by atoms with Crippen molar-refractivity contribution in [2.45, 2.75) is 39.2 Å². The number of nitrogens with one attached hydrogen (secondary N) is 1. The van der Waals surface area contributed by atoms with Crippen LogP contribution in [0.5, 0.6) is 5.75 Å². The molecule has 2 rings (SSSR count). The molecule has 2 N–H and O–H groups in total. The molecule has 0 spiro atoms. The molecule has 1 aliphatic heterocycles. The molecule has 1 aromatic rings. The van der Waals surface area contributed by atoms with E-state index in [0.717, 1.165) is 30.8 Å². The largest absolute Gasteiger partial charge is 0.488 e. The number of hydrogen-bond donors (Lipinski definition) is 2. The molecule has 1 saturated heterocycles. The summed E-state index contributed by atoms with van der Waals surface area (Å²) in [6.07, 6.45) is 1.93. The first-order chi connectivity index (χ1) is 10.4. The van der Waals surface area contributed by atoms with Crippen LogP contribution < -0.4 is 10.1 Å². The van der Waals surface area contributed by atoms with Gasteiger partial charge in [0.25, 0.3) is 0 Å². The van der Waals surface area contributed by atoms with Crippen molar-refractivity contribution in [2.24, 2.45) is 5.92 Å². The Labute approximate surface area is 132 Å². The molecule has 0 aliphatic carbocycles. The lowest BCUT2D eigenvalue weighted by Crippen LogP contribution is -2.43. The maximum absolute atomic E-state index is 12.2. The van der Waals surface area contributed by atoms with Crippen LogP contribution in [0, 0.1) is 5.92 Å². The van der Waals surface area contributed by atoms with Gasteiger partial charge < -0.3 is 20.1 Å². The average molecular weight is 306 g/mol. The normalized spacial score (nSPS) is 18.9. The van der Waals surface area contributed by atoms with Crippen molar-refractivity contribution in [2.75, 3.05) is 25.0 Å². The van der Waals surface area contributed by atoms with Crippen LogP contribution in [0.3, 0.4) is 0 Å². The van der Waals surface area contributed by atoms with Crippen molar-refractivity contribution in [3.05, 3.63) is 24.3 Å². The Hall–Kier alpha value is -1.75. The van der Waals surface area contributed by atoms with E-state index in [2.05, 4.69) is 5.32 Å². The molecule has 1 aliphatic rings. The van der Waals surface area contributed by atoms with Gasteiger partial charge in [0, 0.05) is 25.4 Å². The molecule has 5 nitrogen and oxygen atoms in total. The van der Waals surface area contributed by atoms with E-state index in [0.29, 0.717) is 6.54 Å². The summed E-state index contributed by atoms with van der Waals surface area (Å²) in [5.41, 5.74) is 0.509. The van der Waals surface area contributed by atoms with Gasteiger partial charge in [-0.05, 0) is 63.8 Å². The summed E-state index contributed by atoms with van der Waals surface area (Å²) in [6, 6.07) is 7.28. The van der Waals surface area contributed by atoms with Crippen LogP contribution >= 0.6 is 0 Å². The molecule has 1 fully saturated rings. The van der Waals surface area contributed by atoms with Crippen molar-refractivity contribution in [1.82, 2.24) is 4.90 Å². The molecule has 2 amide bonds. The van der Waals surface area contributed by atoms with Crippen molar-refractivity contribution >= 4 is 11.7 Å². The number of nitrogens with zero attached hydrogens (tertiary/aromatic N) is 1. The van der Waals surface area contributed by atoms with Crippen LogP contribution in [0.25, 0.3) is 0 Å². The number of amides is 2. The smallest absolute Gasteiger partial charge is 0.321 e. The summed E-state index contributed by atoms with van der Waals surface area (Å²) in [6.45, 7) is 7.49. The molecular weight excluding hydrogens is 280 g/mol. The summed E-state index contributed by atoms with van der Waals surface area (Å²) < 4.78 is 5.76. The van der Waals surface area contributed by atoms with Gasteiger partial charge >= 0.3 is 6.03 Å². The van der Waals surface area contributed by atoms with E-state index in [1.54, 1.807) is 4.90 Å². The molecular formula is C17H26N2O3. The zero-order valence-corrected chi connectivity index (χ0v) is 13.6. The van der Waals surface area contributed by atoms with E-state index in [1.165, 1.54) is 0 Å². The SMILES string of the molecule is CC(C)(C)Oc1ccc(NC(=O)N2CCC[C@H](CO)C2)cc1. The summed E-state index contributed by atoms with van der Waals surface area (Å²) in [4.78, 5) is 14.0. The highest BCUT2D eigenvalue weighted by Gasteiger charge is 2.23. The summed E-state index contributed by atoms with van der Waals surface area (Å²) >= 11 is 0. The van der Waals surface area contributed by atoms with Crippen LogP contribution in [0.2, 0.25) is 0 Å². The predicted molar refractivity (Wildman–Crippen MR) is 87.2 cm³/mol. The van der Waals surface area contributed by atoms with Crippen LogP contribution in [-0.4, -0.2) is 41.3 Å². The Kier molecular flexibility index (Phi) is 5.29. The fourth-order valence-electron chi connectivity index (χ4n) is 2.56. The predicted octanol–water partition coefficient (Wildman–Crippen LogP) is 3.10. The highest BCUT2D eigenvalue weighted by Crippen LogP contribution is 2.21. The molecule has 0 aromatic heterocycles. The molecule has 0 saturated carbocycles. The first-order valence-corrected chi connectivity index (χ1v) is 7.83. The van der Waals surface area contributed by atoms with Gasteiger partial charge in [0.15, 0.2) is 0 Å². The second kappa shape index (κ2) is 7.01. The van der Waals surface area contributed by atoms with Crippen LogP contribution in [-0.2, 0) is 0 Å². The lowest BCUT2D eigenvalue weighted by molar-refractivity contribution is 0.131. The number of aliphatic hydroxyl groups excluding tert-OH is 1. The van der Waals surface area contributed by atoms with Crippen molar-refractivity contribution in [3.8, 4) is 5.75 Å². The molecule has 1 heterocycles. The van der Waals surface area contributed by atoms with Gasteiger partial charge in [0.1, 0.15) is 11.4 Å². The standard InChI is InChI=1S/C17H26N2O3/c1-17(2,3)22-15-8-6-14(7-9-15)18-16(21)19-10-4-5-13(11-19)12-20/h6-9,13,20H,4-5,10-12H2,1-3H3,(H,18,21)/t13-/m0/s1. The van der Waals surface area contributed by atoms with E-state index in [1.807, 2.05) is 45.0 Å². The minimum absolute atomic E-state index is 0.109. The van der Waals surface area contributed by atoms with E-state index in [-0.39, 0.29) is 24.2 Å². The summed E-state index contributed by atoms with van der Waals surface area (Å²) in [5, 5.41) is 12.1. The molecule has 0 radical (unpaired) electrons. The number of carbonyl (C=O) groups excluding carboxylic acids is 1. The van der Waals surface area contributed by atoms with E-state index in [9.17, 15) is 9.90 Å². The fraction of sp³-hybridized carbons (Fsp3) is 0.588. The van der Waals surface area contributed by atoms with Gasteiger partial charge in [-0.2, -0.15) is 0 Å². The Morgan fingerprint density at radius 3 is 2.64 bits per heavy atom. The van der Waals surface area contributed by atoms with Crippen molar-refractivity contribution < 1.29 is 14.6 Å². The lowest BCUT2D eigenvalue weighted by Gasteiger charge is -2.31. The second-order valence-corrected chi connectivity index (χ2v) is 6.81. The van der Waals surface area contributed by atoms with Gasteiger partial charge in [0.05, 0.1) is 0 Å². The first kappa shape index (κ1) is 16.6. The van der Waals surface area contributed by atoms with Crippen LogP contribution in [0.4, 0.5) is 10.5 Å². The maximum Gasteiger partial charge on any atom is 0.321 e. The van der Waals surface area contributed by atoms with Gasteiger partial charge in [-0.3, -0.25) is 0 Å². The van der Waals surface area contributed by atoms with Gasteiger partial charge in [-0.1, -0.05) is 0 Å². The zero-order valence-electron chi connectivity index (χ0n) is 13.6. The number of rotatable bonds is 3. The highest BCUT2D eigenvalue weighted by atomic mass is 16.5. The molecule has 0 bridgehead atoms. The summed E-state index contributed by atoms with van der Waals surface area (Å²) in [5.74, 6) is 0.978. The number of carbonyl (C=O) groups is 1. The molecule has 1 aromatic carbocycles. The number of likely N-dealkylation sites (tertiary alicyclic amines) is 1. The minimum atomic E-state index is -0.238. The monoisotopic (exact) mass is 306 g/mol. The Morgan fingerprint density at radius 2 is 2.05 bits per heavy atom. The number of piperidine rings is 1. The van der Waals surface area contributed by atoms with E-state index < -0.39 is 0 Å². The third kappa shape index (κ3) is 4.91. The van der Waals surface area contributed by atoms with Crippen molar-refractivity contribution in [3.63, 3.8) is 0 Å². The fourth-order valence-corrected chi connectivity index (χ4v) is 2.56. The lowest BCUT2D eigenvalue weighted by atomic mass is 9.99. The molecule has 0 unspecified atom stereocenters. The molecule has 22 heavy (non-hydrogen) atoms. The topological polar surface area (TPSA) is 61.8 Å². The van der Waals surface area contributed by atoms with E-state index >= 15 is 0 Å². The molecule has 5 heteroatoms. The number of urea groups is 1. The second-order valence-electron chi connectivity index (χ2n) is 6.81. The highest BCUT2D eigenvalue weighted by molar-refractivity contribution is 5.89. The number of benzene rings is 1. The van der Waals surface area contributed by atoms with Crippen LogP contribution in [0.15, 0.2) is 24.3 Å². The molecule has 122 valence electrons. The Bertz CT molecular complexity index is 494.